The van der Waals surface area contributed by atoms with Gasteiger partial charge in [-0.3, -0.25) is 0 Å². The van der Waals surface area contributed by atoms with E-state index in [9.17, 15) is 0 Å². The van der Waals surface area contributed by atoms with Crippen molar-refractivity contribution < 1.29 is 4.74 Å². The second kappa shape index (κ2) is 5.57. The highest BCUT2D eigenvalue weighted by atomic mass is 32.1. The summed E-state index contributed by atoms with van der Waals surface area (Å²) in [7, 11) is 0. The lowest BCUT2D eigenvalue weighted by atomic mass is 10.2. The molecule has 0 saturated carbocycles. The third-order valence-electron chi connectivity index (χ3n) is 3.24. The maximum Gasteiger partial charge on any atom is 0.234 e. The highest BCUT2D eigenvalue weighted by molar-refractivity contribution is 7.19. The molecule has 0 bridgehead atoms. The van der Waals surface area contributed by atoms with Gasteiger partial charge in [0, 0.05) is 5.56 Å². The van der Waals surface area contributed by atoms with Gasteiger partial charge in [-0.25, -0.2) is 0 Å². The van der Waals surface area contributed by atoms with Crippen LogP contribution in [0, 0.1) is 0 Å². The van der Waals surface area contributed by atoms with Crippen molar-refractivity contribution in [2.75, 3.05) is 0 Å². The molecule has 2 heterocycles. The van der Waals surface area contributed by atoms with E-state index < -0.39 is 0 Å². The molecule has 108 valence electrons. The molecule has 0 atom stereocenters. The lowest BCUT2D eigenvalue weighted by molar-refractivity contribution is 0.306. The Morgan fingerprint density at radius 2 is 1.82 bits per heavy atom. The van der Waals surface area contributed by atoms with Crippen molar-refractivity contribution in [1.82, 2.24) is 19.8 Å². The Bertz CT molecular complexity index is 855. The maximum atomic E-state index is 5.78. The minimum absolute atomic E-state index is 0.566. The number of hydrogen-bond donors (Lipinski definition) is 0. The molecule has 2 aromatic carbocycles. The zero-order valence-electron chi connectivity index (χ0n) is 11.6. The summed E-state index contributed by atoms with van der Waals surface area (Å²) in [6.07, 6.45) is 1.60. The Morgan fingerprint density at radius 3 is 2.59 bits per heavy atom. The number of fused-ring (bicyclic) bond motifs is 1. The molecule has 4 aromatic rings. The van der Waals surface area contributed by atoms with Gasteiger partial charge in [0.05, 0.1) is 0 Å². The number of ether oxygens (including phenoxy) is 1. The highest BCUT2D eigenvalue weighted by Gasteiger charge is 2.07. The molecule has 0 saturated heterocycles. The van der Waals surface area contributed by atoms with Gasteiger partial charge in [-0.1, -0.05) is 41.7 Å². The fraction of sp³-hybridized carbons (Fsp3) is 0.0625. The van der Waals surface area contributed by atoms with E-state index in [2.05, 4.69) is 15.3 Å². The van der Waals surface area contributed by atoms with E-state index in [0.717, 1.165) is 26.8 Å². The minimum atomic E-state index is 0.566. The zero-order chi connectivity index (χ0) is 14.8. The molecule has 0 aliphatic carbocycles. The van der Waals surface area contributed by atoms with Gasteiger partial charge in [-0.15, -0.1) is 10.2 Å². The van der Waals surface area contributed by atoms with Crippen LogP contribution in [-0.4, -0.2) is 19.8 Å². The Kier molecular flexibility index (Phi) is 3.29. The van der Waals surface area contributed by atoms with Crippen LogP contribution in [0.5, 0.6) is 5.75 Å². The molecule has 0 fully saturated rings. The predicted octanol–water partition coefficient (Wildman–Crippen LogP) is 3.43. The largest absolute Gasteiger partial charge is 0.489 e. The second-order valence-corrected chi connectivity index (χ2v) is 5.72. The summed E-state index contributed by atoms with van der Waals surface area (Å²) in [5.74, 6) is 0.843. The molecule has 4 rings (SSSR count). The molecular weight excluding hydrogens is 296 g/mol. The molecule has 0 aliphatic rings. The number of rotatable bonds is 4. The summed E-state index contributed by atoms with van der Waals surface area (Å²) in [5, 5.41) is 13.1. The number of benzene rings is 2. The van der Waals surface area contributed by atoms with Gasteiger partial charge in [-0.05, 0) is 29.8 Å². The van der Waals surface area contributed by atoms with Crippen molar-refractivity contribution in [3.8, 4) is 16.3 Å². The van der Waals surface area contributed by atoms with Gasteiger partial charge >= 0.3 is 0 Å². The normalized spacial score (nSPS) is 10.9. The fourth-order valence-electron chi connectivity index (χ4n) is 2.11. The van der Waals surface area contributed by atoms with Crippen LogP contribution in [0.2, 0.25) is 0 Å². The van der Waals surface area contributed by atoms with Crippen LogP contribution in [0.25, 0.3) is 15.5 Å². The average Bonchev–Trinajstić information content (AvgIpc) is 3.16. The Morgan fingerprint density at radius 1 is 1.00 bits per heavy atom. The molecule has 2 aromatic heterocycles. The highest BCUT2D eigenvalue weighted by Crippen LogP contribution is 2.26. The van der Waals surface area contributed by atoms with E-state index >= 15 is 0 Å². The van der Waals surface area contributed by atoms with Gasteiger partial charge in [0.15, 0.2) is 0 Å². The van der Waals surface area contributed by atoms with Gasteiger partial charge < -0.3 is 4.74 Å². The molecule has 0 spiro atoms. The standard InChI is InChI=1S/C16H12N4OS/c1-2-4-12(5-3-1)10-21-14-8-6-13(7-9-14)15-19-20-11-17-18-16(20)22-15/h1-9,11H,10H2. The molecule has 22 heavy (non-hydrogen) atoms. The maximum absolute atomic E-state index is 5.78. The summed E-state index contributed by atoms with van der Waals surface area (Å²) < 4.78 is 7.46. The molecule has 0 aliphatic heterocycles. The summed E-state index contributed by atoms with van der Waals surface area (Å²) in [5.41, 5.74) is 2.20. The lowest BCUT2D eigenvalue weighted by Gasteiger charge is -2.06. The molecule has 6 heteroatoms. The van der Waals surface area contributed by atoms with E-state index in [1.165, 1.54) is 11.3 Å². The third-order valence-corrected chi connectivity index (χ3v) is 4.20. The SMILES string of the molecule is c1ccc(COc2ccc(-c3nn4cnnc4s3)cc2)cc1. The van der Waals surface area contributed by atoms with Crippen LogP contribution in [0.3, 0.4) is 0 Å². The van der Waals surface area contributed by atoms with Crippen LogP contribution in [-0.2, 0) is 6.61 Å². The van der Waals surface area contributed by atoms with E-state index in [1.54, 1.807) is 10.8 Å². The van der Waals surface area contributed by atoms with Crippen molar-refractivity contribution in [1.29, 1.82) is 0 Å². The van der Waals surface area contributed by atoms with Crippen molar-refractivity contribution >= 4 is 16.3 Å². The van der Waals surface area contributed by atoms with Crippen molar-refractivity contribution in [2.24, 2.45) is 0 Å². The van der Waals surface area contributed by atoms with Gasteiger partial charge in [0.1, 0.15) is 23.7 Å². The average molecular weight is 308 g/mol. The Balaban J connectivity index is 1.49. The minimum Gasteiger partial charge on any atom is -0.489 e. The zero-order valence-corrected chi connectivity index (χ0v) is 12.4. The fourth-order valence-corrected chi connectivity index (χ4v) is 2.94. The molecule has 5 nitrogen and oxygen atoms in total. The Hall–Kier alpha value is -2.73. The van der Waals surface area contributed by atoms with Crippen molar-refractivity contribution in [3.05, 3.63) is 66.5 Å². The van der Waals surface area contributed by atoms with Crippen LogP contribution in [0.4, 0.5) is 0 Å². The molecule has 0 unspecified atom stereocenters. The van der Waals surface area contributed by atoms with Crippen molar-refractivity contribution in [3.63, 3.8) is 0 Å². The smallest absolute Gasteiger partial charge is 0.234 e. The number of nitrogens with zero attached hydrogens (tertiary/aromatic N) is 4. The first-order chi connectivity index (χ1) is 10.9. The van der Waals surface area contributed by atoms with Crippen LogP contribution in [0.15, 0.2) is 60.9 Å². The molecule has 0 N–H and O–H groups in total. The molecule has 0 amide bonds. The van der Waals surface area contributed by atoms with Crippen LogP contribution >= 0.6 is 11.3 Å². The Labute approximate surface area is 130 Å². The first-order valence-electron chi connectivity index (χ1n) is 6.82. The summed E-state index contributed by atoms with van der Waals surface area (Å²) >= 11 is 1.51. The van der Waals surface area contributed by atoms with E-state index in [4.69, 9.17) is 4.74 Å². The van der Waals surface area contributed by atoms with Crippen LogP contribution in [0.1, 0.15) is 5.56 Å². The quantitative estimate of drug-likeness (QED) is 0.579. The first kappa shape index (κ1) is 13.0. The molecular formula is C16H12N4OS. The summed E-state index contributed by atoms with van der Waals surface area (Å²) in [4.78, 5) is 0.791. The molecule has 0 radical (unpaired) electrons. The monoisotopic (exact) mass is 308 g/mol. The van der Waals surface area contributed by atoms with E-state index in [1.807, 2.05) is 54.6 Å². The van der Waals surface area contributed by atoms with E-state index in [0.29, 0.717) is 6.61 Å². The number of aromatic nitrogens is 4. The van der Waals surface area contributed by atoms with Gasteiger partial charge in [0.25, 0.3) is 0 Å². The lowest BCUT2D eigenvalue weighted by Crippen LogP contribution is -1.94. The van der Waals surface area contributed by atoms with Crippen molar-refractivity contribution in [2.45, 2.75) is 6.61 Å². The summed E-state index contributed by atoms with van der Waals surface area (Å²) in [6.45, 7) is 0.566. The first-order valence-corrected chi connectivity index (χ1v) is 7.64. The topological polar surface area (TPSA) is 52.3 Å². The van der Waals surface area contributed by atoms with E-state index in [-0.39, 0.29) is 0 Å². The van der Waals surface area contributed by atoms with Gasteiger partial charge in [-0.2, -0.15) is 9.61 Å². The summed E-state index contributed by atoms with van der Waals surface area (Å²) in [6, 6.07) is 18.0. The van der Waals surface area contributed by atoms with Gasteiger partial charge in [0.2, 0.25) is 4.96 Å². The third kappa shape index (κ3) is 2.56. The second-order valence-electron chi connectivity index (χ2n) is 4.76. The predicted molar refractivity (Wildman–Crippen MR) is 84.9 cm³/mol. The number of hydrogen-bond acceptors (Lipinski definition) is 5. The van der Waals surface area contributed by atoms with Crippen LogP contribution < -0.4 is 4.74 Å².